The van der Waals surface area contributed by atoms with Gasteiger partial charge in [-0.3, -0.25) is 14.5 Å². The normalized spacial score (nSPS) is 13.9. The van der Waals surface area contributed by atoms with Gasteiger partial charge < -0.3 is 10.5 Å². The molecular weight excluding hydrogens is 260 g/mol. The summed E-state index contributed by atoms with van der Waals surface area (Å²) in [5.74, 6) is -1.27. The number of hydrogen-bond donors (Lipinski definition) is 1. The zero-order valence-corrected chi connectivity index (χ0v) is 10.7. The van der Waals surface area contributed by atoms with Crippen LogP contribution in [0.25, 0.3) is 0 Å². The molecule has 6 heteroatoms. The third-order valence-corrected chi connectivity index (χ3v) is 2.83. The van der Waals surface area contributed by atoms with Crippen molar-refractivity contribution >= 4 is 17.8 Å². The molecule has 2 amide bonds. The van der Waals surface area contributed by atoms with Crippen LogP contribution in [-0.2, 0) is 9.53 Å². The fraction of sp³-hybridized carbons (Fsp3) is 0.214. The Kier molecular flexibility index (Phi) is 4.27. The molecule has 1 aromatic carbocycles. The molecule has 1 heterocycles. The molecular formula is C14H14N2O4. The summed E-state index contributed by atoms with van der Waals surface area (Å²) in [5.41, 5.74) is 5.96. The third-order valence-electron chi connectivity index (χ3n) is 2.83. The van der Waals surface area contributed by atoms with E-state index in [9.17, 15) is 14.4 Å². The Balaban J connectivity index is 1.93. The monoisotopic (exact) mass is 274 g/mol. The van der Waals surface area contributed by atoms with Crippen molar-refractivity contribution in [3.05, 3.63) is 47.5 Å². The minimum Gasteiger partial charge on any atom is -0.461 e. The number of nitrogens with zero attached hydrogens (tertiary/aromatic N) is 1. The van der Waals surface area contributed by atoms with Crippen LogP contribution >= 0.6 is 0 Å². The van der Waals surface area contributed by atoms with Crippen LogP contribution < -0.4 is 5.73 Å². The van der Waals surface area contributed by atoms with E-state index in [0.29, 0.717) is 11.1 Å². The maximum absolute atomic E-state index is 12.0. The Morgan fingerprint density at radius 1 is 1.20 bits per heavy atom. The van der Waals surface area contributed by atoms with E-state index >= 15 is 0 Å². The molecule has 0 saturated carbocycles. The van der Waals surface area contributed by atoms with Crippen molar-refractivity contribution in [2.45, 2.75) is 0 Å². The van der Waals surface area contributed by atoms with Gasteiger partial charge in [0.25, 0.3) is 11.8 Å². The summed E-state index contributed by atoms with van der Waals surface area (Å²) in [6.45, 7) is 0.237. The lowest BCUT2D eigenvalue weighted by molar-refractivity contribution is -0.137. The highest BCUT2D eigenvalue weighted by atomic mass is 16.5. The first-order valence-electron chi connectivity index (χ1n) is 6.13. The summed E-state index contributed by atoms with van der Waals surface area (Å²) in [4.78, 5) is 36.3. The molecule has 20 heavy (non-hydrogen) atoms. The SMILES string of the molecule is NC/C=C/C(=O)OCCN1C(=O)c2ccccc2C1=O. The number of hydrogen-bond acceptors (Lipinski definition) is 5. The van der Waals surface area contributed by atoms with E-state index in [1.165, 1.54) is 12.2 Å². The lowest BCUT2D eigenvalue weighted by Crippen LogP contribution is -2.33. The fourth-order valence-electron chi connectivity index (χ4n) is 1.89. The van der Waals surface area contributed by atoms with E-state index in [2.05, 4.69) is 0 Å². The second-order valence-corrected chi connectivity index (χ2v) is 4.11. The van der Waals surface area contributed by atoms with E-state index in [1.54, 1.807) is 24.3 Å². The summed E-state index contributed by atoms with van der Waals surface area (Å²) < 4.78 is 4.87. The van der Waals surface area contributed by atoms with Crippen LogP contribution in [0.2, 0.25) is 0 Å². The van der Waals surface area contributed by atoms with E-state index in [-0.39, 0.29) is 31.5 Å². The van der Waals surface area contributed by atoms with Crippen molar-refractivity contribution in [3.8, 4) is 0 Å². The van der Waals surface area contributed by atoms with E-state index in [1.807, 2.05) is 0 Å². The Labute approximate surface area is 115 Å². The molecule has 0 aromatic heterocycles. The van der Waals surface area contributed by atoms with Crippen LogP contribution in [0.15, 0.2) is 36.4 Å². The van der Waals surface area contributed by atoms with Gasteiger partial charge in [0.2, 0.25) is 0 Å². The maximum atomic E-state index is 12.0. The lowest BCUT2D eigenvalue weighted by Gasteiger charge is -2.13. The lowest BCUT2D eigenvalue weighted by atomic mass is 10.1. The van der Waals surface area contributed by atoms with Crippen molar-refractivity contribution in [3.63, 3.8) is 0 Å². The predicted octanol–water partition coefficient (Wildman–Crippen LogP) is 0.341. The zero-order valence-electron chi connectivity index (χ0n) is 10.7. The standard InChI is InChI=1S/C14H14N2O4/c15-7-3-6-12(17)20-9-8-16-13(18)10-4-1-2-5-11(10)14(16)19/h1-6H,7-9,15H2/b6-3+. The highest BCUT2D eigenvalue weighted by Gasteiger charge is 2.34. The highest BCUT2D eigenvalue weighted by molar-refractivity contribution is 6.21. The number of esters is 1. The smallest absolute Gasteiger partial charge is 0.330 e. The number of rotatable bonds is 5. The van der Waals surface area contributed by atoms with Gasteiger partial charge in [-0.05, 0) is 12.1 Å². The molecule has 0 unspecified atom stereocenters. The maximum Gasteiger partial charge on any atom is 0.330 e. The second-order valence-electron chi connectivity index (χ2n) is 4.11. The topological polar surface area (TPSA) is 89.7 Å². The van der Waals surface area contributed by atoms with Crippen molar-refractivity contribution in [1.29, 1.82) is 0 Å². The molecule has 1 aromatic rings. The molecule has 0 saturated heterocycles. The largest absolute Gasteiger partial charge is 0.461 e. The molecule has 0 radical (unpaired) electrons. The summed E-state index contributed by atoms with van der Waals surface area (Å²) in [7, 11) is 0. The van der Waals surface area contributed by atoms with Gasteiger partial charge in [0.15, 0.2) is 0 Å². The van der Waals surface area contributed by atoms with Gasteiger partial charge in [0.05, 0.1) is 17.7 Å². The van der Waals surface area contributed by atoms with Gasteiger partial charge in [0, 0.05) is 12.6 Å². The zero-order chi connectivity index (χ0) is 14.5. The molecule has 2 N–H and O–H groups in total. The van der Waals surface area contributed by atoms with Crippen LogP contribution in [0.5, 0.6) is 0 Å². The Bertz CT molecular complexity index is 545. The summed E-state index contributed by atoms with van der Waals surface area (Å²) in [6.07, 6.45) is 2.67. The van der Waals surface area contributed by atoms with Crippen LogP contribution in [-0.4, -0.2) is 42.4 Å². The Hall–Kier alpha value is -2.47. The molecule has 6 nitrogen and oxygen atoms in total. The first-order chi connectivity index (χ1) is 9.65. The van der Waals surface area contributed by atoms with Crippen molar-refractivity contribution in [2.24, 2.45) is 5.73 Å². The van der Waals surface area contributed by atoms with E-state index in [4.69, 9.17) is 10.5 Å². The average molecular weight is 274 g/mol. The van der Waals surface area contributed by atoms with Crippen LogP contribution in [0, 0.1) is 0 Å². The molecule has 0 atom stereocenters. The minimum atomic E-state index is -0.549. The first-order valence-corrected chi connectivity index (χ1v) is 6.13. The number of nitrogens with two attached hydrogens (primary N) is 1. The molecule has 0 bridgehead atoms. The predicted molar refractivity (Wildman–Crippen MR) is 71.0 cm³/mol. The molecule has 0 aliphatic carbocycles. The summed E-state index contributed by atoms with van der Waals surface area (Å²) >= 11 is 0. The minimum absolute atomic E-state index is 0.0363. The number of amides is 2. The van der Waals surface area contributed by atoms with Crippen molar-refractivity contribution < 1.29 is 19.1 Å². The van der Waals surface area contributed by atoms with E-state index in [0.717, 1.165) is 4.90 Å². The van der Waals surface area contributed by atoms with Gasteiger partial charge in [-0.15, -0.1) is 0 Å². The van der Waals surface area contributed by atoms with Gasteiger partial charge in [0.1, 0.15) is 6.61 Å². The van der Waals surface area contributed by atoms with E-state index < -0.39 is 5.97 Å². The second kappa shape index (κ2) is 6.12. The number of carbonyl (C=O) groups is 3. The van der Waals surface area contributed by atoms with Crippen LogP contribution in [0.4, 0.5) is 0 Å². The Morgan fingerprint density at radius 3 is 2.35 bits per heavy atom. The fourth-order valence-corrected chi connectivity index (χ4v) is 1.89. The molecule has 2 rings (SSSR count). The average Bonchev–Trinajstić information content (AvgIpc) is 2.70. The van der Waals surface area contributed by atoms with Crippen molar-refractivity contribution in [1.82, 2.24) is 4.90 Å². The number of imide groups is 1. The molecule has 0 spiro atoms. The van der Waals surface area contributed by atoms with Crippen LogP contribution in [0.1, 0.15) is 20.7 Å². The van der Waals surface area contributed by atoms with Crippen LogP contribution in [0.3, 0.4) is 0 Å². The summed E-state index contributed by atoms with van der Waals surface area (Å²) in [6, 6.07) is 6.60. The highest BCUT2D eigenvalue weighted by Crippen LogP contribution is 2.21. The molecule has 104 valence electrons. The quantitative estimate of drug-likeness (QED) is 0.475. The van der Waals surface area contributed by atoms with Gasteiger partial charge in [-0.1, -0.05) is 18.2 Å². The molecule has 1 aliphatic heterocycles. The first kappa shape index (κ1) is 14.0. The van der Waals surface area contributed by atoms with Gasteiger partial charge in [-0.2, -0.15) is 0 Å². The van der Waals surface area contributed by atoms with Crippen molar-refractivity contribution in [2.75, 3.05) is 19.7 Å². The third kappa shape index (κ3) is 2.75. The Morgan fingerprint density at radius 2 is 1.80 bits per heavy atom. The number of ether oxygens (including phenoxy) is 1. The number of carbonyl (C=O) groups excluding carboxylic acids is 3. The number of fused-ring (bicyclic) bond motifs is 1. The molecule has 1 aliphatic rings. The van der Waals surface area contributed by atoms with Gasteiger partial charge in [-0.25, -0.2) is 4.79 Å². The summed E-state index contributed by atoms with van der Waals surface area (Å²) in [5, 5.41) is 0. The molecule has 0 fully saturated rings. The number of benzene rings is 1. The van der Waals surface area contributed by atoms with Gasteiger partial charge >= 0.3 is 5.97 Å².